The second-order valence-corrected chi connectivity index (χ2v) is 6.01. The lowest BCUT2D eigenvalue weighted by atomic mass is 10.2. The van der Waals surface area contributed by atoms with Crippen molar-refractivity contribution in [2.24, 2.45) is 0 Å². The van der Waals surface area contributed by atoms with Gasteiger partial charge in [0.15, 0.2) is 0 Å². The predicted octanol–water partition coefficient (Wildman–Crippen LogP) is 4.50. The van der Waals surface area contributed by atoms with E-state index >= 15 is 0 Å². The molecule has 1 amide bonds. The minimum Gasteiger partial charge on any atom is -0.345 e. The van der Waals surface area contributed by atoms with Gasteiger partial charge in [-0.15, -0.1) is 6.58 Å². The summed E-state index contributed by atoms with van der Waals surface area (Å²) < 4.78 is 2.15. The maximum absolute atomic E-state index is 12.2. The summed E-state index contributed by atoms with van der Waals surface area (Å²) in [6.45, 7) is 7.69. The fourth-order valence-electron chi connectivity index (χ4n) is 2.56. The van der Waals surface area contributed by atoms with Crippen molar-refractivity contribution in [2.75, 3.05) is 6.54 Å². The highest BCUT2D eigenvalue weighted by molar-refractivity contribution is 6.30. The van der Waals surface area contributed by atoms with Crippen molar-refractivity contribution >= 4 is 17.5 Å². The van der Waals surface area contributed by atoms with Crippen LogP contribution in [0.3, 0.4) is 0 Å². The number of carbonyl (C=O) groups excluding carboxylic acids is 1. The maximum Gasteiger partial charge on any atom is 0.223 e. The first kappa shape index (κ1) is 17.4. The van der Waals surface area contributed by atoms with Crippen LogP contribution < -0.4 is 0 Å². The van der Waals surface area contributed by atoms with Crippen molar-refractivity contribution in [1.82, 2.24) is 9.47 Å². The zero-order valence-electron chi connectivity index (χ0n) is 13.5. The summed E-state index contributed by atoms with van der Waals surface area (Å²) in [7, 11) is 0. The van der Waals surface area contributed by atoms with Crippen LogP contribution in [0.5, 0.6) is 0 Å². The van der Waals surface area contributed by atoms with Gasteiger partial charge in [0, 0.05) is 36.4 Å². The summed E-state index contributed by atoms with van der Waals surface area (Å²) in [4.78, 5) is 14.1. The number of amides is 1. The van der Waals surface area contributed by atoms with Gasteiger partial charge in [-0.3, -0.25) is 4.79 Å². The van der Waals surface area contributed by atoms with Crippen molar-refractivity contribution in [1.29, 1.82) is 0 Å². The molecule has 0 aliphatic heterocycles. The zero-order chi connectivity index (χ0) is 16.7. The Morgan fingerprint density at radius 2 is 2.17 bits per heavy atom. The van der Waals surface area contributed by atoms with E-state index in [9.17, 15) is 4.79 Å². The average Bonchev–Trinajstić information content (AvgIpc) is 2.94. The largest absolute Gasteiger partial charge is 0.345 e. The number of nitrogens with zero attached hydrogens (tertiary/aromatic N) is 2. The first-order valence-electron chi connectivity index (χ1n) is 7.91. The molecule has 1 aromatic carbocycles. The molecule has 0 saturated carbocycles. The van der Waals surface area contributed by atoms with Crippen molar-refractivity contribution < 1.29 is 4.79 Å². The third-order valence-electron chi connectivity index (χ3n) is 3.68. The molecule has 3 nitrogen and oxygen atoms in total. The Kier molecular flexibility index (Phi) is 6.48. The van der Waals surface area contributed by atoms with E-state index in [4.69, 9.17) is 11.6 Å². The Balaban J connectivity index is 2.12. The number of rotatable bonds is 8. The molecule has 0 spiro atoms. The first-order chi connectivity index (χ1) is 11.1. The van der Waals surface area contributed by atoms with Gasteiger partial charge in [-0.1, -0.05) is 36.7 Å². The zero-order valence-corrected chi connectivity index (χ0v) is 14.3. The predicted molar refractivity (Wildman–Crippen MR) is 95.5 cm³/mol. The van der Waals surface area contributed by atoms with E-state index in [1.165, 1.54) is 0 Å². The number of benzene rings is 1. The molecule has 0 aliphatic carbocycles. The third kappa shape index (κ3) is 5.00. The molecule has 2 rings (SSSR count). The molecular weight excluding hydrogens is 308 g/mol. The Labute approximate surface area is 143 Å². The molecule has 0 fully saturated rings. The lowest BCUT2D eigenvalue weighted by Crippen LogP contribution is -2.31. The summed E-state index contributed by atoms with van der Waals surface area (Å²) in [5, 5.41) is 0.739. The molecule has 1 aromatic heterocycles. The van der Waals surface area contributed by atoms with E-state index in [0.717, 1.165) is 29.2 Å². The number of carbonyl (C=O) groups is 1. The molecule has 0 saturated heterocycles. The molecule has 0 unspecified atom stereocenters. The number of hydrogen-bond acceptors (Lipinski definition) is 1. The molecule has 0 aliphatic rings. The maximum atomic E-state index is 12.2. The topological polar surface area (TPSA) is 25.2 Å². The number of halogens is 1. The van der Waals surface area contributed by atoms with Crippen LogP contribution in [0.1, 0.15) is 31.0 Å². The molecular formula is C19H23ClN2O. The smallest absolute Gasteiger partial charge is 0.223 e. The van der Waals surface area contributed by atoms with Crippen LogP contribution in [0.2, 0.25) is 5.02 Å². The SMILES string of the molecule is C=CCN(Cc1cccn1Cc1cccc(Cl)c1)C(=O)CCC. The summed E-state index contributed by atoms with van der Waals surface area (Å²) in [5.74, 6) is 0.169. The Bertz CT molecular complexity index is 663. The Hall–Kier alpha value is -2.00. The monoisotopic (exact) mass is 330 g/mol. The van der Waals surface area contributed by atoms with Crippen molar-refractivity contribution in [3.63, 3.8) is 0 Å². The average molecular weight is 331 g/mol. The minimum atomic E-state index is 0.169. The summed E-state index contributed by atoms with van der Waals surface area (Å²) in [6.07, 6.45) is 5.24. The van der Waals surface area contributed by atoms with Crippen LogP contribution in [0.4, 0.5) is 0 Å². The van der Waals surface area contributed by atoms with Crippen molar-refractivity contribution in [3.05, 3.63) is 71.5 Å². The molecule has 4 heteroatoms. The van der Waals surface area contributed by atoms with Gasteiger partial charge < -0.3 is 9.47 Å². The highest BCUT2D eigenvalue weighted by Crippen LogP contribution is 2.15. The van der Waals surface area contributed by atoms with Gasteiger partial charge in [0.1, 0.15) is 0 Å². The molecule has 122 valence electrons. The Morgan fingerprint density at radius 3 is 2.87 bits per heavy atom. The van der Waals surface area contributed by atoms with Gasteiger partial charge in [0.25, 0.3) is 0 Å². The van der Waals surface area contributed by atoms with E-state index in [1.54, 1.807) is 6.08 Å². The van der Waals surface area contributed by atoms with Gasteiger partial charge in [-0.05, 0) is 36.2 Å². The fourth-order valence-corrected chi connectivity index (χ4v) is 2.77. The Morgan fingerprint density at radius 1 is 1.35 bits per heavy atom. The minimum absolute atomic E-state index is 0.169. The van der Waals surface area contributed by atoms with Gasteiger partial charge in [-0.25, -0.2) is 0 Å². The third-order valence-corrected chi connectivity index (χ3v) is 3.92. The molecule has 23 heavy (non-hydrogen) atoms. The van der Waals surface area contributed by atoms with E-state index in [-0.39, 0.29) is 5.91 Å². The first-order valence-corrected chi connectivity index (χ1v) is 8.29. The lowest BCUT2D eigenvalue weighted by molar-refractivity contribution is -0.131. The molecule has 1 heterocycles. The van der Waals surface area contributed by atoms with Crippen LogP contribution in [-0.2, 0) is 17.9 Å². The van der Waals surface area contributed by atoms with Crippen LogP contribution in [0.15, 0.2) is 55.3 Å². The molecule has 0 atom stereocenters. The highest BCUT2D eigenvalue weighted by atomic mass is 35.5. The van der Waals surface area contributed by atoms with Crippen molar-refractivity contribution in [2.45, 2.75) is 32.9 Å². The number of hydrogen-bond donors (Lipinski definition) is 0. The number of aromatic nitrogens is 1. The highest BCUT2D eigenvalue weighted by Gasteiger charge is 2.13. The van der Waals surface area contributed by atoms with Crippen LogP contribution in [-0.4, -0.2) is 21.9 Å². The van der Waals surface area contributed by atoms with Gasteiger partial charge in [-0.2, -0.15) is 0 Å². The molecule has 2 aromatic rings. The lowest BCUT2D eigenvalue weighted by Gasteiger charge is -2.22. The molecule has 0 bridgehead atoms. The van der Waals surface area contributed by atoms with Gasteiger partial charge in [0.05, 0.1) is 6.54 Å². The van der Waals surface area contributed by atoms with E-state index in [2.05, 4.69) is 23.3 Å². The summed E-state index contributed by atoms with van der Waals surface area (Å²) in [6, 6.07) is 11.9. The van der Waals surface area contributed by atoms with Crippen LogP contribution in [0.25, 0.3) is 0 Å². The summed E-state index contributed by atoms with van der Waals surface area (Å²) in [5.41, 5.74) is 2.25. The normalized spacial score (nSPS) is 10.5. The van der Waals surface area contributed by atoms with Gasteiger partial charge in [0.2, 0.25) is 5.91 Å². The molecule has 0 radical (unpaired) electrons. The van der Waals surface area contributed by atoms with Gasteiger partial charge >= 0.3 is 0 Å². The van der Waals surface area contributed by atoms with Crippen molar-refractivity contribution in [3.8, 4) is 0 Å². The van der Waals surface area contributed by atoms with Crippen LogP contribution >= 0.6 is 11.6 Å². The molecule has 0 N–H and O–H groups in total. The standard InChI is InChI=1S/C19H23ClN2O/c1-3-7-19(23)22(11-4-2)15-18-10-6-12-21(18)14-16-8-5-9-17(20)13-16/h4-6,8-10,12-13H,2-3,7,11,14-15H2,1H3. The van der Waals surface area contributed by atoms with E-state index in [0.29, 0.717) is 19.5 Å². The van der Waals surface area contributed by atoms with E-state index in [1.807, 2.05) is 42.3 Å². The fraction of sp³-hybridized carbons (Fsp3) is 0.316. The van der Waals surface area contributed by atoms with E-state index < -0.39 is 0 Å². The summed E-state index contributed by atoms with van der Waals surface area (Å²) >= 11 is 6.05. The second kappa shape index (κ2) is 8.59. The second-order valence-electron chi connectivity index (χ2n) is 5.57. The van der Waals surface area contributed by atoms with Crippen LogP contribution in [0, 0.1) is 0 Å². The quantitative estimate of drug-likeness (QED) is 0.654.